The lowest BCUT2D eigenvalue weighted by molar-refractivity contribution is 0.139. The molecule has 4 heterocycles. The Morgan fingerprint density at radius 1 is 1.14 bits per heavy atom. The van der Waals surface area contributed by atoms with Crippen molar-refractivity contribution in [3.05, 3.63) is 42.7 Å². The molecule has 0 radical (unpaired) electrons. The molecule has 2 saturated heterocycles. The van der Waals surface area contributed by atoms with Crippen LogP contribution in [0.25, 0.3) is 10.9 Å². The summed E-state index contributed by atoms with van der Waals surface area (Å²) in [7, 11) is 2.01. The van der Waals surface area contributed by atoms with Crippen LogP contribution in [0, 0.1) is 0 Å². The van der Waals surface area contributed by atoms with Gasteiger partial charge >= 0.3 is 0 Å². The van der Waals surface area contributed by atoms with Gasteiger partial charge in [0.1, 0.15) is 12.4 Å². The third-order valence-electron chi connectivity index (χ3n) is 5.63. The van der Waals surface area contributed by atoms with Crippen LogP contribution < -0.4 is 9.64 Å². The number of anilines is 1. The number of ether oxygens (including phenoxy) is 2. The van der Waals surface area contributed by atoms with Gasteiger partial charge in [0.05, 0.1) is 36.1 Å². The van der Waals surface area contributed by atoms with Gasteiger partial charge in [-0.25, -0.2) is 15.0 Å². The maximum atomic E-state index is 6.10. The van der Waals surface area contributed by atoms with Gasteiger partial charge in [0.15, 0.2) is 0 Å². The molecular formula is C21H26N6O2. The van der Waals surface area contributed by atoms with E-state index < -0.39 is 0 Å². The number of nitrogens with zero attached hydrogens (tertiary/aromatic N) is 6. The molecule has 1 aromatic carbocycles. The van der Waals surface area contributed by atoms with Crippen LogP contribution in [0.4, 0.5) is 5.69 Å². The van der Waals surface area contributed by atoms with E-state index in [1.807, 2.05) is 17.9 Å². The molecular weight excluding hydrogens is 368 g/mol. The first-order chi connectivity index (χ1) is 14.2. The number of fused-ring (bicyclic) bond motifs is 1. The van der Waals surface area contributed by atoms with E-state index in [9.17, 15) is 0 Å². The molecule has 1 atom stereocenters. The van der Waals surface area contributed by atoms with Gasteiger partial charge in [0, 0.05) is 58.1 Å². The second-order valence-electron chi connectivity index (χ2n) is 7.78. The van der Waals surface area contributed by atoms with Crippen molar-refractivity contribution in [1.29, 1.82) is 0 Å². The highest BCUT2D eigenvalue weighted by Gasteiger charge is 2.21. The van der Waals surface area contributed by atoms with Crippen molar-refractivity contribution < 1.29 is 9.47 Å². The Labute approximate surface area is 170 Å². The van der Waals surface area contributed by atoms with Crippen LogP contribution in [0.3, 0.4) is 0 Å². The molecule has 2 fully saturated rings. The minimum atomic E-state index is 0.0758. The lowest BCUT2D eigenvalue weighted by Crippen LogP contribution is -2.46. The fraction of sp³-hybridized carbons (Fsp3) is 0.476. The van der Waals surface area contributed by atoms with E-state index in [-0.39, 0.29) is 6.10 Å². The summed E-state index contributed by atoms with van der Waals surface area (Å²) in [6, 6.07) is 6.37. The highest BCUT2D eigenvalue weighted by atomic mass is 16.5. The van der Waals surface area contributed by atoms with Crippen molar-refractivity contribution >= 4 is 16.6 Å². The molecule has 8 nitrogen and oxygen atoms in total. The van der Waals surface area contributed by atoms with Gasteiger partial charge < -0.3 is 18.9 Å². The summed E-state index contributed by atoms with van der Waals surface area (Å²) >= 11 is 0. The van der Waals surface area contributed by atoms with Gasteiger partial charge in [-0.3, -0.25) is 4.90 Å². The molecule has 0 amide bonds. The van der Waals surface area contributed by atoms with Gasteiger partial charge in [-0.05, 0) is 18.2 Å². The van der Waals surface area contributed by atoms with Crippen LogP contribution in [0.15, 0.2) is 37.1 Å². The molecule has 0 N–H and O–H groups in total. The molecule has 0 aliphatic carbocycles. The summed E-state index contributed by atoms with van der Waals surface area (Å²) in [4.78, 5) is 18.1. The smallest absolute Gasteiger partial charge is 0.224 e. The highest BCUT2D eigenvalue weighted by molar-refractivity contribution is 5.86. The van der Waals surface area contributed by atoms with Gasteiger partial charge in [-0.15, -0.1) is 0 Å². The quantitative estimate of drug-likeness (QED) is 0.654. The molecule has 0 saturated carbocycles. The molecule has 2 aliphatic rings. The lowest BCUT2D eigenvalue weighted by Gasteiger charge is -2.35. The van der Waals surface area contributed by atoms with Crippen LogP contribution in [0.5, 0.6) is 5.88 Å². The Morgan fingerprint density at radius 3 is 2.79 bits per heavy atom. The predicted octanol–water partition coefficient (Wildman–Crippen LogP) is 1.85. The number of piperazine rings is 1. The SMILES string of the molecule is Cn1cnc(CN2CCN(c3ccc4ncnc(OC5CCOC5)c4c3)CC2)c1. The number of benzene rings is 1. The summed E-state index contributed by atoms with van der Waals surface area (Å²) in [6.07, 6.45) is 6.51. The molecule has 0 bridgehead atoms. The Balaban J connectivity index is 1.29. The zero-order valence-corrected chi connectivity index (χ0v) is 16.7. The third kappa shape index (κ3) is 4.04. The summed E-state index contributed by atoms with van der Waals surface area (Å²) in [5.41, 5.74) is 3.23. The maximum absolute atomic E-state index is 6.10. The van der Waals surface area contributed by atoms with Crippen LogP contribution >= 0.6 is 0 Å². The largest absolute Gasteiger partial charge is 0.471 e. The minimum absolute atomic E-state index is 0.0758. The molecule has 1 unspecified atom stereocenters. The van der Waals surface area contributed by atoms with Crippen molar-refractivity contribution in [2.24, 2.45) is 7.05 Å². The van der Waals surface area contributed by atoms with Gasteiger partial charge in [-0.2, -0.15) is 0 Å². The fourth-order valence-electron chi connectivity index (χ4n) is 4.02. The van der Waals surface area contributed by atoms with E-state index in [1.165, 1.54) is 5.69 Å². The van der Waals surface area contributed by atoms with Crippen LogP contribution in [-0.2, 0) is 18.3 Å². The Hall–Kier alpha value is -2.71. The van der Waals surface area contributed by atoms with Crippen molar-refractivity contribution in [2.45, 2.75) is 19.1 Å². The van der Waals surface area contributed by atoms with Gasteiger partial charge in [-0.1, -0.05) is 0 Å². The predicted molar refractivity (Wildman–Crippen MR) is 110 cm³/mol. The number of hydrogen-bond donors (Lipinski definition) is 0. The first kappa shape index (κ1) is 18.3. The Kier molecular flexibility index (Phi) is 5.03. The number of aromatic nitrogens is 4. The first-order valence-electron chi connectivity index (χ1n) is 10.2. The number of rotatable bonds is 5. The zero-order chi connectivity index (χ0) is 19.6. The van der Waals surface area contributed by atoms with Crippen LogP contribution in [0.2, 0.25) is 0 Å². The molecule has 2 aromatic heterocycles. The number of imidazole rings is 1. The number of hydrogen-bond acceptors (Lipinski definition) is 7. The maximum Gasteiger partial charge on any atom is 0.224 e. The average Bonchev–Trinajstić information content (AvgIpc) is 3.40. The minimum Gasteiger partial charge on any atom is -0.471 e. The second kappa shape index (κ2) is 7.96. The lowest BCUT2D eigenvalue weighted by atomic mass is 10.2. The fourth-order valence-corrected chi connectivity index (χ4v) is 4.02. The van der Waals surface area contributed by atoms with Gasteiger partial charge in [0.2, 0.25) is 5.88 Å². The summed E-state index contributed by atoms with van der Waals surface area (Å²) < 4.78 is 13.5. The van der Waals surface area contributed by atoms with Crippen LogP contribution in [-0.4, -0.2) is 69.9 Å². The molecule has 29 heavy (non-hydrogen) atoms. The van der Waals surface area contributed by atoms with E-state index >= 15 is 0 Å². The van der Waals surface area contributed by atoms with Crippen molar-refractivity contribution in [2.75, 3.05) is 44.3 Å². The Bertz CT molecular complexity index is 976. The Morgan fingerprint density at radius 2 is 2.03 bits per heavy atom. The highest BCUT2D eigenvalue weighted by Crippen LogP contribution is 2.29. The second-order valence-corrected chi connectivity index (χ2v) is 7.78. The van der Waals surface area contributed by atoms with Crippen molar-refractivity contribution in [1.82, 2.24) is 24.4 Å². The van der Waals surface area contributed by atoms with Crippen LogP contribution in [0.1, 0.15) is 12.1 Å². The number of aryl methyl sites for hydroxylation is 1. The molecule has 0 spiro atoms. The molecule has 8 heteroatoms. The van der Waals surface area contributed by atoms with E-state index in [1.54, 1.807) is 6.33 Å². The normalized spacial score (nSPS) is 20.4. The summed E-state index contributed by atoms with van der Waals surface area (Å²) in [5.74, 6) is 0.654. The van der Waals surface area contributed by atoms with E-state index in [2.05, 4.69) is 49.1 Å². The third-order valence-corrected chi connectivity index (χ3v) is 5.63. The molecule has 2 aliphatic heterocycles. The molecule has 5 rings (SSSR count). The average molecular weight is 394 g/mol. The topological polar surface area (TPSA) is 68.5 Å². The van der Waals surface area contributed by atoms with E-state index in [0.717, 1.165) is 62.3 Å². The van der Waals surface area contributed by atoms with Gasteiger partial charge in [0.25, 0.3) is 0 Å². The molecule has 3 aromatic rings. The van der Waals surface area contributed by atoms with E-state index in [0.29, 0.717) is 12.5 Å². The van der Waals surface area contributed by atoms with Crippen molar-refractivity contribution in [3.8, 4) is 5.88 Å². The summed E-state index contributed by atoms with van der Waals surface area (Å²) in [6.45, 7) is 6.29. The van der Waals surface area contributed by atoms with E-state index in [4.69, 9.17) is 9.47 Å². The summed E-state index contributed by atoms with van der Waals surface area (Å²) in [5, 5.41) is 0.966. The van der Waals surface area contributed by atoms with Crippen molar-refractivity contribution in [3.63, 3.8) is 0 Å². The molecule has 152 valence electrons. The monoisotopic (exact) mass is 394 g/mol. The first-order valence-corrected chi connectivity index (χ1v) is 10.2. The standard InChI is InChI=1S/C21H26N6O2/c1-25-11-16(24-15-25)12-26-5-7-27(8-6-26)17-2-3-20-19(10-17)21(23-14-22-20)29-18-4-9-28-13-18/h2-3,10-11,14-15,18H,4-9,12-13H2,1H3. The zero-order valence-electron chi connectivity index (χ0n) is 16.7.